The Hall–Kier alpha value is -1.05. The van der Waals surface area contributed by atoms with Crippen molar-refractivity contribution in [1.29, 1.82) is 0 Å². The minimum Gasteiger partial charge on any atom is -0.478 e. The molecule has 1 fully saturated rings. The summed E-state index contributed by atoms with van der Waals surface area (Å²) < 4.78 is 0. The van der Waals surface area contributed by atoms with Gasteiger partial charge >= 0.3 is 5.97 Å². The smallest absolute Gasteiger partial charge is 0.328 e. The van der Waals surface area contributed by atoms with Gasteiger partial charge in [-0.1, -0.05) is 24.1 Å². The van der Waals surface area contributed by atoms with Crippen molar-refractivity contribution in [3.63, 3.8) is 0 Å². The largest absolute Gasteiger partial charge is 0.478 e. The summed E-state index contributed by atoms with van der Waals surface area (Å²) in [7, 11) is 0. The summed E-state index contributed by atoms with van der Waals surface area (Å²) in [4.78, 5) is 10.1. The molecule has 0 aromatic rings. The maximum absolute atomic E-state index is 10.1. The molecule has 1 aliphatic rings. The average Bonchev–Trinajstić information content (AvgIpc) is 2.05. The van der Waals surface area contributed by atoms with Crippen LogP contribution in [0.3, 0.4) is 0 Å². The quantitative estimate of drug-likeness (QED) is 0.640. The van der Waals surface area contributed by atoms with Gasteiger partial charge in [-0.15, -0.1) is 0 Å². The van der Waals surface area contributed by atoms with Crippen molar-refractivity contribution in [2.75, 3.05) is 0 Å². The Kier molecular flexibility index (Phi) is 3.58. The van der Waals surface area contributed by atoms with E-state index in [1.165, 1.54) is 30.9 Å². The molecule has 0 unspecified atom stereocenters. The van der Waals surface area contributed by atoms with E-state index < -0.39 is 5.97 Å². The number of aliphatic carboxylic acids is 1. The second-order valence-electron chi connectivity index (χ2n) is 3.08. The summed E-state index contributed by atoms with van der Waals surface area (Å²) in [5, 5.41) is 8.33. The highest BCUT2D eigenvalue weighted by Crippen LogP contribution is 2.22. The van der Waals surface area contributed by atoms with Crippen molar-refractivity contribution >= 4 is 5.97 Å². The SMILES string of the molecule is O=C(O)/C=C\C=C1CCCCC1. The summed E-state index contributed by atoms with van der Waals surface area (Å²) in [6.45, 7) is 0. The fourth-order valence-electron chi connectivity index (χ4n) is 1.44. The van der Waals surface area contributed by atoms with Crippen LogP contribution in [0.25, 0.3) is 0 Å². The van der Waals surface area contributed by atoms with Gasteiger partial charge in [0.05, 0.1) is 0 Å². The van der Waals surface area contributed by atoms with Gasteiger partial charge in [-0.3, -0.25) is 0 Å². The van der Waals surface area contributed by atoms with Crippen molar-refractivity contribution in [1.82, 2.24) is 0 Å². The van der Waals surface area contributed by atoms with Gasteiger partial charge in [0.1, 0.15) is 0 Å². The van der Waals surface area contributed by atoms with Gasteiger partial charge in [0.2, 0.25) is 0 Å². The summed E-state index contributed by atoms with van der Waals surface area (Å²) in [5.74, 6) is -0.873. The molecule has 0 aromatic carbocycles. The molecule has 12 heavy (non-hydrogen) atoms. The van der Waals surface area contributed by atoms with E-state index in [0.29, 0.717) is 0 Å². The second-order valence-corrected chi connectivity index (χ2v) is 3.08. The van der Waals surface area contributed by atoms with Gasteiger partial charge in [0, 0.05) is 6.08 Å². The molecule has 0 amide bonds. The predicted octanol–water partition coefficient (Wildman–Crippen LogP) is 2.52. The number of rotatable bonds is 2. The van der Waals surface area contributed by atoms with E-state index in [2.05, 4.69) is 0 Å². The van der Waals surface area contributed by atoms with Crippen LogP contribution in [0.4, 0.5) is 0 Å². The first-order valence-electron chi connectivity index (χ1n) is 4.38. The lowest BCUT2D eigenvalue weighted by Crippen LogP contribution is -1.92. The summed E-state index contributed by atoms with van der Waals surface area (Å²) in [6, 6.07) is 0. The monoisotopic (exact) mass is 166 g/mol. The van der Waals surface area contributed by atoms with Gasteiger partial charge in [-0.2, -0.15) is 0 Å². The van der Waals surface area contributed by atoms with E-state index in [1.807, 2.05) is 6.08 Å². The van der Waals surface area contributed by atoms with Crippen LogP contribution < -0.4 is 0 Å². The fourth-order valence-corrected chi connectivity index (χ4v) is 1.44. The predicted molar refractivity (Wildman–Crippen MR) is 47.9 cm³/mol. The van der Waals surface area contributed by atoms with E-state index in [4.69, 9.17) is 5.11 Å². The van der Waals surface area contributed by atoms with Crippen LogP contribution >= 0.6 is 0 Å². The Balaban J connectivity index is 2.39. The highest BCUT2D eigenvalue weighted by molar-refractivity contribution is 5.80. The van der Waals surface area contributed by atoms with Crippen molar-refractivity contribution in [3.05, 3.63) is 23.8 Å². The lowest BCUT2D eigenvalue weighted by atomic mass is 9.95. The summed E-state index contributed by atoms with van der Waals surface area (Å²) in [5.41, 5.74) is 1.39. The third-order valence-corrected chi connectivity index (χ3v) is 2.07. The highest BCUT2D eigenvalue weighted by Gasteiger charge is 2.02. The van der Waals surface area contributed by atoms with E-state index in [-0.39, 0.29) is 0 Å². The zero-order valence-electron chi connectivity index (χ0n) is 7.12. The molecular weight excluding hydrogens is 152 g/mol. The molecule has 1 aliphatic carbocycles. The minimum atomic E-state index is -0.873. The van der Waals surface area contributed by atoms with E-state index in [1.54, 1.807) is 6.08 Å². The Morgan fingerprint density at radius 3 is 2.50 bits per heavy atom. The normalized spacial score (nSPS) is 18.2. The van der Waals surface area contributed by atoms with Crippen LogP contribution in [0.15, 0.2) is 23.8 Å². The lowest BCUT2D eigenvalue weighted by molar-refractivity contribution is -0.131. The molecule has 0 heterocycles. The molecule has 1 saturated carbocycles. The molecule has 66 valence electrons. The molecule has 0 saturated heterocycles. The fraction of sp³-hybridized carbons (Fsp3) is 0.500. The van der Waals surface area contributed by atoms with Gasteiger partial charge < -0.3 is 5.11 Å². The Morgan fingerprint density at radius 2 is 1.92 bits per heavy atom. The molecule has 2 nitrogen and oxygen atoms in total. The van der Waals surface area contributed by atoms with Gasteiger partial charge in [-0.25, -0.2) is 4.79 Å². The first-order valence-corrected chi connectivity index (χ1v) is 4.38. The van der Waals surface area contributed by atoms with Crippen LogP contribution in [-0.4, -0.2) is 11.1 Å². The van der Waals surface area contributed by atoms with Gasteiger partial charge in [0.25, 0.3) is 0 Å². The van der Waals surface area contributed by atoms with Gasteiger partial charge in [-0.05, 0) is 25.7 Å². The average molecular weight is 166 g/mol. The molecule has 0 bridgehead atoms. The van der Waals surface area contributed by atoms with Crippen LogP contribution in [0.2, 0.25) is 0 Å². The Labute approximate surface area is 72.6 Å². The van der Waals surface area contributed by atoms with Crippen molar-refractivity contribution < 1.29 is 9.90 Å². The van der Waals surface area contributed by atoms with Crippen molar-refractivity contribution in [2.45, 2.75) is 32.1 Å². The number of carboxylic acid groups (broad SMARTS) is 1. The minimum absolute atomic E-state index is 0.873. The molecule has 0 aliphatic heterocycles. The van der Waals surface area contributed by atoms with E-state index in [0.717, 1.165) is 12.8 Å². The number of carbonyl (C=O) groups is 1. The third-order valence-electron chi connectivity index (χ3n) is 2.07. The van der Waals surface area contributed by atoms with Crippen LogP contribution in [-0.2, 0) is 4.79 Å². The number of hydrogen-bond donors (Lipinski definition) is 1. The lowest BCUT2D eigenvalue weighted by Gasteiger charge is -2.11. The van der Waals surface area contributed by atoms with Crippen molar-refractivity contribution in [2.24, 2.45) is 0 Å². The molecule has 0 spiro atoms. The zero-order chi connectivity index (χ0) is 8.81. The maximum Gasteiger partial charge on any atom is 0.328 e. The maximum atomic E-state index is 10.1. The number of hydrogen-bond acceptors (Lipinski definition) is 1. The summed E-state index contributed by atoms with van der Waals surface area (Å²) in [6.07, 6.45) is 10.9. The topological polar surface area (TPSA) is 37.3 Å². The third kappa shape index (κ3) is 3.37. The zero-order valence-corrected chi connectivity index (χ0v) is 7.12. The number of carboxylic acids is 1. The van der Waals surface area contributed by atoms with Crippen LogP contribution in [0.5, 0.6) is 0 Å². The molecule has 1 N–H and O–H groups in total. The first-order chi connectivity index (χ1) is 5.79. The molecule has 0 radical (unpaired) electrons. The standard InChI is InChI=1S/C10H14O2/c11-10(12)8-4-7-9-5-2-1-3-6-9/h4,7-8H,1-3,5-6H2,(H,11,12)/b8-4-. The van der Waals surface area contributed by atoms with Gasteiger partial charge in [0.15, 0.2) is 0 Å². The Bertz CT molecular complexity index is 206. The molecule has 1 rings (SSSR count). The summed E-state index contributed by atoms with van der Waals surface area (Å²) >= 11 is 0. The molecule has 2 heteroatoms. The number of allylic oxidation sites excluding steroid dienone is 3. The van der Waals surface area contributed by atoms with Crippen molar-refractivity contribution in [3.8, 4) is 0 Å². The molecule has 0 aromatic heterocycles. The van der Waals surface area contributed by atoms with Crippen LogP contribution in [0.1, 0.15) is 32.1 Å². The molecular formula is C10H14O2. The Morgan fingerprint density at radius 1 is 1.25 bits per heavy atom. The second kappa shape index (κ2) is 4.75. The highest BCUT2D eigenvalue weighted by atomic mass is 16.4. The van der Waals surface area contributed by atoms with E-state index in [9.17, 15) is 4.79 Å². The molecule has 0 atom stereocenters. The van der Waals surface area contributed by atoms with Crippen LogP contribution in [0, 0.1) is 0 Å². The first kappa shape index (κ1) is 9.04. The van der Waals surface area contributed by atoms with E-state index >= 15 is 0 Å².